The van der Waals surface area contributed by atoms with Crippen LogP contribution in [-0.4, -0.2) is 38.3 Å². The third-order valence-corrected chi connectivity index (χ3v) is 5.09. The molecule has 6 nitrogen and oxygen atoms in total. The molecule has 1 saturated heterocycles. The number of aryl methyl sites for hydroxylation is 1. The summed E-state index contributed by atoms with van der Waals surface area (Å²) in [6, 6.07) is 6.40. The van der Waals surface area contributed by atoms with Gasteiger partial charge in [-0.15, -0.1) is 0 Å². The van der Waals surface area contributed by atoms with E-state index in [1.807, 2.05) is 6.92 Å². The smallest absolute Gasteiger partial charge is 0.347 e. The van der Waals surface area contributed by atoms with Crippen LogP contribution in [0, 0.1) is 6.92 Å². The highest BCUT2D eigenvalue weighted by Crippen LogP contribution is 2.18. The molecule has 22 heavy (non-hydrogen) atoms. The van der Waals surface area contributed by atoms with Gasteiger partial charge >= 0.3 is 11.9 Å². The van der Waals surface area contributed by atoms with Crippen LogP contribution in [0.25, 0.3) is 0 Å². The second kappa shape index (κ2) is 6.48. The Balaban J connectivity index is 1.90. The standard InChI is InChI=1S/C15H18O6S/c1-10-3-5-12(6-4-10)22(18,19)8-7-14(16)21-13-9-11(2)20-15(13)17/h3-6,11,13H,7-9H2,1-2H3/t11-,13+/m0/s1. The van der Waals surface area contributed by atoms with Gasteiger partial charge in [-0.05, 0) is 26.0 Å². The number of sulfone groups is 1. The highest BCUT2D eigenvalue weighted by molar-refractivity contribution is 7.91. The molecule has 1 aromatic rings. The second-order valence-electron chi connectivity index (χ2n) is 5.34. The van der Waals surface area contributed by atoms with E-state index in [0.29, 0.717) is 6.42 Å². The molecule has 120 valence electrons. The van der Waals surface area contributed by atoms with E-state index in [0.717, 1.165) is 5.56 Å². The van der Waals surface area contributed by atoms with Crippen LogP contribution in [0.15, 0.2) is 29.2 Å². The van der Waals surface area contributed by atoms with E-state index in [9.17, 15) is 18.0 Å². The fraction of sp³-hybridized carbons (Fsp3) is 0.467. The minimum Gasteiger partial charge on any atom is -0.460 e. The van der Waals surface area contributed by atoms with Crippen molar-refractivity contribution in [2.45, 2.75) is 43.8 Å². The quantitative estimate of drug-likeness (QED) is 0.760. The van der Waals surface area contributed by atoms with E-state index in [4.69, 9.17) is 9.47 Å². The normalized spacial score (nSPS) is 21.5. The molecule has 1 heterocycles. The number of hydrogen-bond donors (Lipinski definition) is 0. The first-order valence-electron chi connectivity index (χ1n) is 6.97. The van der Waals surface area contributed by atoms with Crippen molar-refractivity contribution in [2.24, 2.45) is 0 Å². The van der Waals surface area contributed by atoms with Gasteiger partial charge < -0.3 is 9.47 Å². The summed E-state index contributed by atoms with van der Waals surface area (Å²) in [7, 11) is -3.55. The number of hydrogen-bond acceptors (Lipinski definition) is 6. The molecule has 0 radical (unpaired) electrons. The lowest BCUT2D eigenvalue weighted by molar-refractivity contribution is -0.160. The molecule has 0 unspecified atom stereocenters. The van der Waals surface area contributed by atoms with Gasteiger partial charge in [0.25, 0.3) is 0 Å². The van der Waals surface area contributed by atoms with Crippen molar-refractivity contribution in [2.75, 3.05) is 5.75 Å². The number of rotatable bonds is 5. The van der Waals surface area contributed by atoms with Crippen LogP contribution in [0.4, 0.5) is 0 Å². The average molecular weight is 326 g/mol. The van der Waals surface area contributed by atoms with Crippen molar-refractivity contribution >= 4 is 21.8 Å². The van der Waals surface area contributed by atoms with Gasteiger partial charge in [0.15, 0.2) is 9.84 Å². The van der Waals surface area contributed by atoms with Crippen LogP contribution in [0.2, 0.25) is 0 Å². The summed E-state index contributed by atoms with van der Waals surface area (Å²) in [4.78, 5) is 23.2. The molecule has 0 spiro atoms. The van der Waals surface area contributed by atoms with Crippen LogP contribution >= 0.6 is 0 Å². The molecular formula is C15H18O6S. The lowest BCUT2D eigenvalue weighted by Crippen LogP contribution is -2.24. The number of carbonyl (C=O) groups excluding carboxylic acids is 2. The summed E-state index contributed by atoms with van der Waals surface area (Å²) in [6.07, 6.45) is -1.21. The minimum atomic E-state index is -3.55. The van der Waals surface area contributed by atoms with Crippen molar-refractivity contribution in [1.29, 1.82) is 0 Å². The molecule has 2 atom stereocenters. The van der Waals surface area contributed by atoms with Crippen molar-refractivity contribution in [1.82, 2.24) is 0 Å². The van der Waals surface area contributed by atoms with E-state index >= 15 is 0 Å². The Kier molecular flexibility index (Phi) is 4.85. The molecule has 0 amide bonds. The lowest BCUT2D eigenvalue weighted by atomic mass is 10.2. The van der Waals surface area contributed by atoms with Gasteiger partial charge in [0.2, 0.25) is 6.10 Å². The molecule has 0 saturated carbocycles. The van der Waals surface area contributed by atoms with Gasteiger partial charge in [-0.2, -0.15) is 0 Å². The fourth-order valence-electron chi connectivity index (χ4n) is 2.11. The predicted octanol–water partition coefficient (Wildman–Crippen LogP) is 1.41. The first kappa shape index (κ1) is 16.5. The predicted molar refractivity (Wildman–Crippen MR) is 77.9 cm³/mol. The Labute approximate surface area is 129 Å². The van der Waals surface area contributed by atoms with Crippen LogP contribution in [0.1, 0.15) is 25.3 Å². The fourth-order valence-corrected chi connectivity index (χ4v) is 3.34. The zero-order valence-electron chi connectivity index (χ0n) is 12.4. The third kappa shape index (κ3) is 4.07. The monoisotopic (exact) mass is 326 g/mol. The number of ether oxygens (including phenoxy) is 2. The maximum atomic E-state index is 12.1. The van der Waals surface area contributed by atoms with E-state index in [1.54, 1.807) is 19.1 Å². The Morgan fingerprint density at radius 2 is 1.95 bits per heavy atom. The average Bonchev–Trinajstić information content (AvgIpc) is 2.75. The summed E-state index contributed by atoms with van der Waals surface area (Å²) >= 11 is 0. The Hall–Kier alpha value is -1.89. The van der Waals surface area contributed by atoms with E-state index in [1.165, 1.54) is 12.1 Å². The maximum Gasteiger partial charge on any atom is 0.347 e. The number of esters is 2. The van der Waals surface area contributed by atoms with Gasteiger partial charge in [0, 0.05) is 6.42 Å². The number of carbonyl (C=O) groups is 2. The Morgan fingerprint density at radius 3 is 2.50 bits per heavy atom. The van der Waals surface area contributed by atoms with Gasteiger partial charge in [-0.1, -0.05) is 17.7 Å². The molecule has 1 aromatic carbocycles. The van der Waals surface area contributed by atoms with Crippen molar-refractivity contribution in [3.8, 4) is 0 Å². The van der Waals surface area contributed by atoms with E-state index in [-0.39, 0.29) is 23.2 Å². The highest BCUT2D eigenvalue weighted by atomic mass is 32.2. The van der Waals surface area contributed by atoms with Crippen LogP contribution in [0.5, 0.6) is 0 Å². The van der Waals surface area contributed by atoms with Crippen molar-refractivity contribution in [3.63, 3.8) is 0 Å². The zero-order chi connectivity index (χ0) is 16.3. The van der Waals surface area contributed by atoms with Gasteiger partial charge in [-0.25, -0.2) is 13.2 Å². The Bertz CT molecular complexity index is 662. The third-order valence-electron chi connectivity index (χ3n) is 3.35. The van der Waals surface area contributed by atoms with Crippen LogP contribution in [-0.2, 0) is 28.9 Å². The lowest BCUT2D eigenvalue weighted by Gasteiger charge is -2.09. The Morgan fingerprint density at radius 1 is 1.32 bits per heavy atom. The molecule has 0 N–H and O–H groups in total. The minimum absolute atomic E-state index is 0.166. The van der Waals surface area contributed by atoms with Crippen LogP contribution < -0.4 is 0 Å². The molecule has 0 aliphatic carbocycles. The van der Waals surface area contributed by atoms with E-state index < -0.39 is 27.9 Å². The maximum absolute atomic E-state index is 12.1. The van der Waals surface area contributed by atoms with E-state index in [2.05, 4.69) is 0 Å². The summed E-state index contributed by atoms with van der Waals surface area (Å²) in [5.74, 6) is -1.65. The van der Waals surface area contributed by atoms with Gasteiger partial charge in [0.05, 0.1) is 17.1 Å². The molecule has 7 heteroatoms. The topological polar surface area (TPSA) is 86.7 Å². The molecule has 1 aliphatic rings. The second-order valence-corrected chi connectivity index (χ2v) is 7.45. The molecule has 0 bridgehead atoms. The summed E-state index contributed by atoms with van der Waals surface area (Å²) in [5.41, 5.74) is 0.951. The first-order valence-corrected chi connectivity index (χ1v) is 8.62. The molecule has 0 aromatic heterocycles. The molecule has 1 fully saturated rings. The molecular weight excluding hydrogens is 308 g/mol. The largest absolute Gasteiger partial charge is 0.460 e. The highest BCUT2D eigenvalue weighted by Gasteiger charge is 2.35. The number of cyclic esters (lactones) is 1. The zero-order valence-corrected chi connectivity index (χ0v) is 13.3. The summed E-state index contributed by atoms with van der Waals surface area (Å²) in [5, 5.41) is 0. The first-order chi connectivity index (χ1) is 10.3. The molecule has 2 rings (SSSR count). The molecule has 1 aliphatic heterocycles. The van der Waals surface area contributed by atoms with Crippen molar-refractivity contribution in [3.05, 3.63) is 29.8 Å². The van der Waals surface area contributed by atoms with Gasteiger partial charge in [0.1, 0.15) is 6.10 Å². The summed E-state index contributed by atoms with van der Waals surface area (Å²) in [6.45, 7) is 3.56. The van der Waals surface area contributed by atoms with Gasteiger partial charge in [-0.3, -0.25) is 4.79 Å². The summed E-state index contributed by atoms with van der Waals surface area (Å²) < 4.78 is 34.0. The van der Waals surface area contributed by atoms with Crippen molar-refractivity contribution < 1.29 is 27.5 Å². The van der Waals surface area contributed by atoms with Crippen LogP contribution in [0.3, 0.4) is 0 Å². The number of benzene rings is 1. The SMILES string of the molecule is Cc1ccc(S(=O)(=O)CCC(=O)O[C@@H]2C[C@H](C)OC2=O)cc1.